The van der Waals surface area contributed by atoms with Crippen molar-refractivity contribution in [2.45, 2.75) is 30.7 Å². The Morgan fingerprint density at radius 1 is 1.14 bits per heavy atom. The Labute approximate surface area is 170 Å². The van der Waals surface area contributed by atoms with E-state index in [0.717, 1.165) is 24.2 Å². The first kappa shape index (κ1) is 19.7. The number of nitrogens with zero attached hydrogens (tertiary/aromatic N) is 1. The molecule has 2 heterocycles. The van der Waals surface area contributed by atoms with Gasteiger partial charge in [-0.05, 0) is 48.7 Å². The summed E-state index contributed by atoms with van der Waals surface area (Å²) in [6, 6.07) is 11.9. The zero-order chi connectivity index (χ0) is 20.4. The molecule has 0 bridgehead atoms. The van der Waals surface area contributed by atoms with Crippen LogP contribution in [0.15, 0.2) is 47.4 Å². The van der Waals surface area contributed by atoms with Crippen molar-refractivity contribution in [3.05, 3.63) is 53.6 Å². The van der Waals surface area contributed by atoms with Gasteiger partial charge in [0.1, 0.15) is 13.2 Å². The van der Waals surface area contributed by atoms with Crippen LogP contribution in [-0.2, 0) is 10.0 Å². The Balaban J connectivity index is 1.60. The van der Waals surface area contributed by atoms with Gasteiger partial charge in [0, 0.05) is 18.7 Å². The highest BCUT2D eigenvalue weighted by atomic mass is 32.2. The largest absolute Gasteiger partial charge is 0.486 e. The number of rotatable bonds is 5. The molecule has 4 rings (SSSR count). The van der Waals surface area contributed by atoms with Crippen molar-refractivity contribution < 1.29 is 22.7 Å². The number of fused-ring (bicyclic) bond motifs is 1. The zero-order valence-electron chi connectivity index (χ0n) is 16.3. The number of amides is 1. The Bertz CT molecular complexity index is 1020. The smallest absolute Gasteiger partial charge is 0.254 e. The highest BCUT2D eigenvalue weighted by molar-refractivity contribution is 7.89. The summed E-state index contributed by atoms with van der Waals surface area (Å²) in [6.45, 7) is 3.68. The minimum Gasteiger partial charge on any atom is -0.486 e. The summed E-state index contributed by atoms with van der Waals surface area (Å²) < 4.78 is 38.3. The Morgan fingerprint density at radius 2 is 1.93 bits per heavy atom. The molecule has 1 saturated heterocycles. The number of hydrogen-bond donors (Lipinski definition) is 1. The maximum Gasteiger partial charge on any atom is 0.254 e. The lowest BCUT2D eigenvalue weighted by molar-refractivity contribution is 0.0735. The fourth-order valence-electron chi connectivity index (χ4n) is 3.86. The van der Waals surface area contributed by atoms with Gasteiger partial charge in [-0.25, -0.2) is 13.1 Å². The molecule has 0 radical (unpaired) electrons. The van der Waals surface area contributed by atoms with Gasteiger partial charge in [0.25, 0.3) is 5.91 Å². The van der Waals surface area contributed by atoms with Crippen LogP contribution in [-0.4, -0.2) is 45.5 Å². The molecule has 0 aliphatic carbocycles. The van der Waals surface area contributed by atoms with Crippen molar-refractivity contribution in [3.63, 3.8) is 0 Å². The number of ether oxygens (including phenoxy) is 2. The van der Waals surface area contributed by atoms with Gasteiger partial charge in [-0.3, -0.25) is 4.79 Å². The van der Waals surface area contributed by atoms with E-state index in [9.17, 15) is 13.2 Å². The van der Waals surface area contributed by atoms with E-state index in [-0.39, 0.29) is 16.8 Å². The monoisotopic (exact) mass is 416 g/mol. The molecule has 0 aromatic heterocycles. The van der Waals surface area contributed by atoms with Crippen molar-refractivity contribution in [2.75, 3.05) is 26.3 Å². The molecule has 1 fully saturated rings. The summed E-state index contributed by atoms with van der Waals surface area (Å²) in [7, 11) is -3.62. The molecule has 8 heteroatoms. The van der Waals surface area contributed by atoms with Gasteiger partial charge in [0.2, 0.25) is 10.0 Å². The number of benzene rings is 2. The number of carbonyl (C=O) groups excluding carboxylic acids is 1. The van der Waals surface area contributed by atoms with Gasteiger partial charge in [-0.1, -0.05) is 19.1 Å². The second-order valence-electron chi connectivity index (χ2n) is 7.09. The minimum atomic E-state index is -3.62. The second-order valence-corrected chi connectivity index (χ2v) is 8.86. The van der Waals surface area contributed by atoms with E-state index in [1.54, 1.807) is 19.1 Å². The van der Waals surface area contributed by atoms with E-state index >= 15 is 0 Å². The maximum absolute atomic E-state index is 13.2. The fraction of sp³-hybridized carbons (Fsp3) is 0.381. The summed E-state index contributed by atoms with van der Waals surface area (Å²) in [5.41, 5.74) is 1.37. The van der Waals surface area contributed by atoms with Crippen molar-refractivity contribution in [1.29, 1.82) is 0 Å². The van der Waals surface area contributed by atoms with E-state index in [0.29, 0.717) is 37.6 Å². The van der Waals surface area contributed by atoms with Gasteiger partial charge in [-0.15, -0.1) is 0 Å². The van der Waals surface area contributed by atoms with Crippen LogP contribution in [0, 0.1) is 0 Å². The first-order valence-corrected chi connectivity index (χ1v) is 11.3. The first-order chi connectivity index (χ1) is 14.0. The standard InChI is InChI=1S/C21H24N2O5S/c1-2-22-29(25,26)17-6-3-5-16(13-17)21(24)23-10-4-7-18(23)15-8-9-19-20(14-15)28-12-11-27-19/h3,5-6,8-9,13-14,18,22H,2,4,7,10-12H2,1H3. The minimum absolute atomic E-state index is 0.0765. The van der Waals surface area contributed by atoms with Gasteiger partial charge in [-0.2, -0.15) is 0 Å². The van der Waals surface area contributed by atoms with E-state index in [1.807, 2.05) is 23.1 Å². The second kappa shape index (κ2) is 8.04. The number of hydrogen-bond acceptors (Lipinski definition) is 5. The van der Waals surface area contributed by atoms with Crippen LogP contribution in [0.25, 0.3) is 0 Å². The van der Waals surface area contributed by atoms with E-state index < -0.39 is 10.0 Å². The molecule has 7 nitrogen and oxygen atoms in total. The van der Waals surface area contributed by atoms with Gasteiger partial charge in [0.05, 0.1) is 10.9 Å². The number of likely N-dealkylation sites (tertiary alicyclic amines) is 1. The van der Waals surface area contributed by atoms with Crippen LogP contribution in [0.1, 0.15) is 41.7 Å². The lowest BCUT2D eigenvalue weighted by atomic mass is 10.0. The molecule has 2 aliphatic rings. The molecular weight excluding hydrogens is 392 g/mol. The summed E-state index contributed by atoms with van der Waals surface area (Å²) in [6.07, 6.45) is 1.74. The third-order valence-electron chi connectivity index (χ3n) is 5.19. The van der Waals surface area contributed by atoms with Crippen molar-refractivity contribution in [2.24, 2.45) is 0 Å². The van der Waals surface area contributed by atoms with Crippen molar-refractivity contribution in [1.82, 2.24) is 9.62 Å². The van der Waals surface area contributed by atoms with Crippen LogP contribution in [0.3, 0.4) is 0 Å². The Morgan fingerprint density at radius 3 is 2.72 bits per heavy atom. The molecule has 2 aromatic carbocycles. The lowest BCUT2D eigenvalue weighted by Gasteiger charge is -2.27. The quantitative estimate of drug-likeness (QED) is 0.810. The van der Waals surface area contributed by atoms with Crippen molar-refractivity contribution in [3.8, 4) is 11.5 Å². The van der Waals surface area contributed by atoms with Crippen LogP contribution in [0.4, 0.5) is 0 Å². The van der Waals surface area contributed by atoms with Crippen LogP contribution in [0.5, 0.6) is 11.5 Å². The predicted octanol–water partition coefficient (Wildman–Crippen LogP) is 2.73. The van der Waals surface area contributed by atoms with E-state index in [2.05, 4.69) is 4.72 Å². The van der Waals surface area contributed by atoms with E-state index in [4.69, 9.17) is 9.47 Å². The molecule has 2 aromatic rings. The third kappa shape index (κ3) is 3.95. The molecular formula is C21H24N2O5S. The molecule has 1 N–H and O–H groups in total. The van der Waals surface area contributed by atoms with Gasteiger partial charge in [0.15, 0.2) is 11.5 Å². The molecule has 2 aliphatic heterocycles. The molecule has 0 saturated carbocycles. The zero-order valence-corrected chi connectivity index (χ0v) is 17.1. The topological polar surface area (TPSA) is 84.9 Å². The summed E-state index contributed by atoms with van der Waals surface area (Å²) in [5, 5.41) is 0. The molecule has 0 spiro atoms. The highest BCUT2D eigenvalue weighted by Crippen LogP contribution is 2.38. The summed E-state index contributed by atoms with van der Waals surface area (Å²) >= 11 is 0. The Hall–Kier alpha value is -2.58. The van der Waals surface area contributed by atoms with Gasteiger partial charge >= 0.3 is 0 Å². The molecule has 154 valence electrons. The average molecular weight is 416 g/mol. The highest BCUT2D eigenvalue weighted by Gasteiger charge is 2.32. The maximum atomic E-state index is 13.2. The summed E-state index contributed by atoms with van der Waals surface area (Å²) in [5.74, 6) is 1.25. The molecule has 29 heavy (non-hydrogen) atoms. The number of nitrogens with one attached hydrogen (secondary N) is 1. The molecule has 1 atom stereocenters. The predicted molar refractivity (Wildman–Crippen MR) is 108 cm³/mol. The van der Waals surface area contributed by atoms with Crippen LogP contribution in [0.2, 0.25) is 0 Å². The number of carbonyl (C=O) groups is 1. The van der Waals surface area contributed by atoms with Gasteiger partial charge < -0.3 is 14.4 Å². The van der Waals surface area contributed by atoms with E-state index in [1.165, 1.54) is 12.1 Å². The number of sulfonamides is 1. The third-order valence-corrected chi connectivity index (χ3v) is 6.73. The molecule has 1 amide bonds. The molecule has 1 unspecified atom stereocenters. The normalized spacial score (nSPS) is 18.7. The average Bonchev–Trinajstić information content (AvgIpc) is 3.23. The van der Waals surface area contributed by atoms with Crippen LogP contribution >= 0.6 is 0 Å². The SMILES string of the molecule is CCNS(=O)(=O)c1cccc(C(=O)N2CCCC2c2ccc3c(c2)OCCO3)c1. The Kier molecular flexibility index (Phi) is 5.47. The lowest BCUT2D eigenvalue weighted by Crippen LogP contribution is -2.31. The fourth-order valence-corrected chi connectivity index (χ4v) is 4.95. The first-order valence-electron chi connectivity index (χ1n) is 9.80. The summed E-state index contributed by atoms with van der Waals surface area (Å²) in [4.78, 5) is 15.1. The van der Waals surface area contributed by atoms with Crippen LogP contribution < -0.4 is 14.2 Å². The van der Waals surface area contributed by atoms with Crippen molar-refractivity contribution >= 4 is 15.9 Å².